The van der Waals surface area contributed by atoms with Crippen LogP contribution < -0.4 is 10.0 Å². The molecule has 1 heterocycles. The van der Waals surface area contributed by atoms with E-state index in [0.29, 0.717) is 17.8 Å². The maximum absolute atomic E-state index is 12.5. The summed E-state index contributed by atoms with van der Waals surface area (Å²) < 4.78 is 27.6. The van der Waals surface area contributed by atoms with Crippen LogP contribution in [0.3, 0.4) is 0 Å². The Kier molecular flexibility index (Phi) is 4.64. The number of hydrogen-bond acceptors (Lipinski definition) is 4. The summed E-state index contributed by atoms with van der Waals surface area (Å²) >= 11 is 0. The third-order valence-corrected chi connectivity index (χ3v) is 4.58. The normalized spacial score (nSPS) is 11.6. The van der Waals surface area contributed by atoms with Gasteiger partial charge in [-0.15, -0.1) is 0 Å². The fourth-order valence-electron chi connectivity index (χ4n) is 2.10. The summed E-state index contributed by atoms with van der Waals surface area (Å²) in [4.78, 5) is 0. The summed E-state index contributed by atoms with van der Waals surface area (Å²) in [6.07, 6.45) is 0.849. The minimum absolute atomic E-state index is 0.0382. The molecule has 0 aliphatic carbocycles. The van der Waals surface area contributed by atoms with Gasteiger partial charge in [-0.3, -0.25) is 9.82 Å². The summed E-state index contributed by atoms with van der Waals surface area (Å²) in [6.45, 7) is 4.26. The van der Waals surface area contributed by atoms with Crippen molar-refractivity contribution in [1.82, 2.24) is 15.5 Å². The van der Waals surface area contributed by atoms with E-state index in [1.54, 1.807) is 20.0 Å². The zero-order valence-corrected chi connectivity index (χ0v) is 13.2. The van der Waals surface area contributed by atoms with E-state index in [0.717, 1.165) is 17.7 Å². The van der Waals surface area contributed by atoms with Crippen LogP contribution in [0.5, 0.6) is 0 Å². The van der Waals surface area contributed by atoms with Gasteiger partial charge >= 0.3 is 0 Å². The molecule has 2 aromatic rings. The number of sulfonamides is 1. The van der Waals surface area contributed by atoms with Crippen LogP contribution in [0.2, 0.25) is 0 Å². The van der Waals surface area contributed by atoms with E-state index in [9.17, 15) is 8.42 Å². The monoisotopic (exact) mass is 308 g/mol. The molecule has 0 radical (unpaired) electrons. The third kappa shape index (κ3) is 3.43. The summed E-state index contributed by atoms with van der Waals surface area (Å²) in [7, 11) is -1.94. The summed E-state index contributed by atoms with van der Waals surface area (Å²) in [6, 6.07) is 7.35. The maximum Gasteiger partial charge on any atom is 0.281 e. The molecule has 0 aliphatic heterocycles. The van der Waals surface area contributed by atoms with Crippen molar-refractivity contribution < 1.29 is 8.42 Å². The van der Waals surface area contributed by atoms with Gasteiger partial charge in [-0.25, -0.2) is 0 Å². The van der Waals surface area contributed by atoms with Gasteiger partial charge in [0, 0.05) is 23.5 Å². The molecule has 21 heavy (non-hydrogen) atoms. The molecule has 7 heteroatoms. The molecule has 3 N–H and O–H groups in total. The van der Waals surface area contributed by atoms with Gasteiger partial charge in [0.25, 0.3) is 10.0 Å². The molecule has 0 aliphatic rings. The maximum atomic E-state index is 12.5. The molecule has 0 saturated carbocycles. The van der Waals surface area contributed by atoms with E-state index in [4.69, 9.17) is 0 Å². The van der Waals surface area contributed by atoms with Crippen molar-refractivity contribution in [2.24, 2.45) is 0 Å². The van der Waals surface area contributed by atoms with E-state index in [1.165, 1.54) is 0 Å². The second-order valence-electron chi connectivity index (χ2n) is 4.82. The Morgan fingerprint density at radius 1 is 1.33 bits per heavy atom. The molecule has 0 saturated heterocycles. The van der Waals surface area contributed by atoms with Gasteiger partial charge in [0.1, 0.15) is 0 Å². The highest BCUT2D eigenvalue weighted by Crippen LogP contribution is 2.20. The molecular weight excluding hydrogens is 288 g/mol. The van der Waals surface area contributed by atoms with Gasteiger partial charge < -0.3 is 5.32 Å². The molecule has 0 unspecified atom stereocenters. The van der Waals surface area contributed by atoms with Gasteiger partial charge in [-0.1, -0.05) is 19.1 Å². The topological polar surface area (TPSA) is 86.9 Å². The Morgan fingerprint density at radius 3 is 2.76 bits per heavy atom. The van der Waals surface area contributed by atoms with Crippen LogP contribution >= 0.6 is 0 Å². The summed E-state index contributed by atoms with van der Waals surface area (Å²) in [5, 5.41) is 9.65. The van der Waals surface area contributed by atoms with Crippen LogP contribution in [0.4, 0.5) is 5.69 Å². The lowest BCUT2D eigenvalue weighted by Crippen LogP contribution is -2.17. The molecule has 0 atom stereocenters. The third-order valence-electron chi connectivity index (χ3n) is 3.23. The summed E-state index contributed by atoms with van der Waals surface area (Å²) in [5.74, 6) is 0. The Hall–Kier alpha value is -1.86. The molecule has 6 nitrogen and oxygen atoms in total. The fraction of sp³-hybridized carbons (Fsp3) is 0.357. The standard InChI is InChI=1S/C14H20N4O2S/c1-4-11-6-5-7-12(8-11)18-21(19,20)14-13(9-15-3)10(2)16-17-14/h5-8,15,18H,4,9H2,1-3H3,(H,16,17). The molecule has 114 valence electrons. The molecule has 1 aromatic carbocycles. The van der Waals surface area contributed by atoms with Crippen LogP contribution in [0.25, 0.3) is 0 Å². The molecule has 0 fully saturated rings. The minimum Gasteiger partial charge on any atom is -0.316 e. The lowest BCUT2D eigenvalue weighted by molar-refractivity contribution is 0.595. The lowest BCUT2D eigenvalue weighted by atomic mass is 10.1. The van der Waals surface area contributed by atoms with Crippen LogP contribution in [0.1, 0.15) is 23.7 Å². The van der Waals surface area contributed by atoms with Crippen molar-refractivity contribution in [2.45, 2.75) is 31.8 Å². The highest BCUT2D eigenvalue weighted by Gasteiger charge is 2.23. The molecule has 1 aromatic heterocycles. The fourth-order valence-corrected chi connectivity index (χ4v) is 3.34. The number of anilines is 1. The Labute approximate surface area is 125 Å². The first-order valence-corrected chi connectivity index (χ1v) is 8.26. The molecule has 0 amide bonds. The number of hydrogen-bond donors (Lipinski definition) is 3. The van der Waals surface area contributed by atoms with Gasteiger partial charge in [0.15, 0.2) is 0 Å². The quantitative estimate of drug-likeness (QED) is 0.759. The number of rotatable bonds is 6. The molecule has 0 spiro atoms. The second-order valence-corrected chi connectivity index (χ2v) is 6.42. The van der Waals surface area contributed by atoms with Gasteiger partial charge in [-0.05, 0) is 38.1 Å². The Balaban J connectivity index is 2.34. The van der Waals surface area contributed by atoms with Crippen LogP contribution in [0.15, 0.2) is 29.3 Å². The molecule has 2 rings (SSSR count). The van der Waals surface area contributed by atoms with E-state index >= 15 is 0 Å². The number of H-pyrrole nitrogens is 1. The Bertz CT molecular complexity index is 722. The predicted molar refractivity (Wildman–Crippen MR) is 82.7 cm³/mol. The lowest BCUT2D eigenvalue weighted by Gasteiger charge is -2.09. The smallest absolute Gasteiger partial charge is 0.281 e. The van der Waals surface area contributed by atoms with Crippen molar-refractivity contribution in [3.63, 3.8) is 0 Å². The summed E-state index contributed by atoms with van der Waals surface area (Å²) in [5.41, 5.74) is 3.01. The molecule has 0 bridgehead atoms. The second kappa shape index (κ2) is 6.28. The predicted octanol–water partition coefficient (Wildman–Crippen LogP) is 1.80. The number of aromatic amines is 1. The van der Waals surface area contributed by atoms with Gasteiger partial charge in [-0.2, -0.15) is 13.5 Å². The number of aryl methyl sites for hydroxylation is 2. The van der Waals surface area contributed by atoms with Gasteiger partial charge in [0.2, 0.25) is 5.03 Å². The molecular formula is C14H20N4O2S. The highest BCUT2D eigenvalue weighted by molar-refractivity contribution is 7.92. The first-order chi connectivity index (χ1) is 9.97. The average molecular weight is 308 g/mol. The average Bonchev–Trinajstić information content (AvgIpc) is 2.81. The minimum atomic E-state index is -3.70. The number of nitrogens with zero attached hydrogens (tertiary/aromatic N) is 1. The number of benzene rings is 1. The van der Waals surface area contributed by atoms with E-state index in [1.807, 2.05) is 25.1 Å². The zero-order chi connectivity index (χ0) is 15.5. The van der Waals surface area contributed by atoms with Gasteiger partial charge in [0.05, 0.1) is 0 Å². The zero-order valence-electron chi connectivity index (χ0n) is 12.4. The first kappa shape index (κ1) is 15.5. The first-order valence-electron chi connectivity index (χ1n) is 6.78. The number of aromatic nitrogens is 2. The van der Waals surface area contributed by atoms with E-state index in [2.05, 4.69) is 20.2 Å². The Morgan fingerprint density at radius 2 is 2.10 bits per heavy atom. The van der Waals surface area contributed by atoms with E-state index < -0.39 is 10.0 Å². The van der Waals surface area contributed by atoms with Crippen molar-refractivity contribution in [1.29, 1.82) is 0 Å². The SMILES string of the molecule is CCc1cccc(NS(=O)(=O)c2n[nH]c(C)c2CNC)c1. The van der Waals surface area contributed by atoms with Crippen molar-refractivity contribution in [2.75, 3.05) is 11.8 Å². The van der Waals surface area contributed by atoms with Crippen LogP contribution in [-0.4, -0.2) is 25.7 Å². The number of nitrogens with one attached hydrogen (secondary N) is 3. The van der Waals surface area contributed by atoms with Crippen molar-refractivity contribution >= 4 is 15.7 Å². The van der Waals surface area contributed by atoms with Crippen LogP contribution in [0, 0.1) is 6.92 Å². The van der Waals surface area contributed by atoms with E-state index in [-0.39, 0.29) is 5.03 Å². The van der Waals surface area contributed by atoms with Crippen LogP contribution in [-0.2, 0) is 23.0 Å². The van der Waals surface area contributed by atoms with Crippen molar-refractivity contribution in [3.8, 4) is 0 Å². The highest BCUT2D eigenvalue weighted by atomic mass is 32.2. The van der Waals surface area contributed by atoms with Crippen molar-refractivity contribution in [3.05, 3.63) is 41.1 Å². The largest absolute Gasteiger partial charge is 0.316 e.